The number of aromatic amines is 1. The standard InChI is InChI=1S/C18H23N3O2/c1-20(2)14-9-15(10-14)21-16(11-23-18(21)22)8-12-3-4-17-13(7-12)5-6-19-17/h3-7,14-16,19H,8-11H2,1-2H3/t14-,15-,16-/m1/s1. The van der Waals surface area contributed by atoms with Crippen molar-refractivity contribution in [2.24, 2.45) is 0 Å². The van der Waals surface area contributed by atoms with Crippen LogP contribution in [0.15, 0.2) is 30.5 Å². The zero-order chi connectivity index (χ0) is 16.0. The molecule has 2 fully saturated rings. The average molecular weight is 313 g/mol. The first-order valence-electron chi connectivity index (χ1n) is 8.29. The van der Waals surface area contributed by atoms with E-state index in [1.54, 1.807) is 0 Å². The third kappa shape index (κ3) is 2.59. The van der Waals surface area contributed by atoms with E-state index in [4.69, 9.17) is 4.74 Å². The molecule has 0 unspecified atom stereocenters. The summed E-state index contributed by atoms with van der Waals surface area (Å²) in [5.74, 6) is 0. The number of nitrogens with one attached hydrogen (secondary N) is 1. The van der Waals surface area contributed by atoms with Crippen molar-refractivity contribution in [3.8, 4) is 0 Å². The molecule has 0 bridgehead atoms. The van der Waals surface area contributed by atoms with E-state index in [-0.39, 0.29) is 12.1 Å². The summed E-state index contributed by atoms with van der Waals surface area (Å²) in [4.78, 5) is 19.6. The molecule has 23 heavy (non-hydrogen) atoms. The normalized spacial score (nSPS) is 27.5. The van der Waals surface area contributed by atoms with Gasteiger partial charge in [-0.3, -0.25) is 4.90 Å². The zero-order valence-electron chi connectivity index (χ0n) is 13.7. The fraction of sp³-hybridized carbons (Fsp3) is 0.500. The maximum absolute atomic E-state index is 12.1. The van der Waals surface area contributed by atoms with Gasteiger partial charge in [-0.15, -0.1) is 0 Å². The van der Waals surface area contributed by atoms with E-state index in [1.165, 1.54) is 10.9 Å². The lowest BCUT2D eigenvalue weighted by molar-refractivity contribution is 0.0615. The van der Waals surface area contributed by atoms with Crippen molar-refractivity contribution >= 4 is 17.0 Å². The predicted molar refractivity (Wildman–Crippen MR) is 89.5 cm³/mol. The number of rotatable bonds is 4. The van der Waals surface area contributed by atoms with Crippen LogP contribution in [0.3, 0.4) is 0 Å². The quantitative estimate of drug-likeness (QED) is 0.944. The molecule has 1 amide bonds. The molecule has 2 heterocycles. The van der Waals surface area contributed by atoms with E-state index in [9.17, 15) is 4.79 Å². The largest absolute Gasteiger partial charge is 0.447 e. The number of benzene rings is 1. The third-order valence-electron chi connectivity index (χ3n) is 5.30. The number of carbonyl (C=O) groups excluding carboxylic acids is 1. The number of amides is 1. The number of hydrogen-bond donors (Lipinski definition) is 1. The van der Waals surface area contributed by atoms with Gasteiger partial charge in [-0.2, -0.15) is 0 Å². The smallest absolute Gasteiger partial charge is 0.410 e. The van der Waals surface area contributed by atoms with Crippen LogP contribution >= 0.6 is 0 Å². The molecule has 122 valence electrons. The molecule has 2 aliphatic rings. The lowest BCUT2D eigenvalue weighted by Crippen LogP contribution is -2.55. The van der Waals surface area contributed by atoms with Crippen LogP contribution in [0.4, 0.5) is 4.79 Å². The molecule has 2 aromatic rings. The molecule has 0 spiro atoms. The Morgan fingerprint density at radius 2 is 2.13 bits per heavy atom. The van der Waals surface area contributed by atoms with E-state index in [1.807, 2.05) is 11.1 Å². The molecule has 1 saturated heterocycles. The van der Waals surface area contributed by atoms with Crippen LogP contribution in [0.1, 0.15) is 18.4 Å². The Hall–Kier alpha value is -2.01. The predicted octanol–water partition coefficient (Wildman–Crippen LogP) is 2.62. The van der Waals surface area contributed by atoms with Crippen molar-refractivity contribution < 1.29 is 9.53 Å². The lowest BCUT2D eigenvalue weighted by atomic mass is 9.84. The van der Waals surface area contributed by atoms with Crippen LogP contribution in [-0.4, -0.2) is 59.7 Å². The fourth-order valence-electron chi connectivity index (χ4n) is 3.79. The first-order chi connectivity index (χ1) is 11.1. The molecule has 1 aliphatic heterocycles. The van der Waals surface area contributed by atoms with Gasteiger partial charge >= 0.3 is 6.09 Å². The van der Waals surface area contributed by atoms with Gasteiger partial charge < -0.3 is 14.6 Å². The van der Waals surface area contributed by atoms with Gasteiger partial charge in [0.05, 0.1) is 6.04 Å². The van der Waals surface area contributed by atoms with Crippen molar-refractivity contribution in [1.82, 2.24) is 14.8 Å². The van der Waals surface area contributed by atoms with Crippen molar-refractivity contribution in [1.29, 1.82) is 0 Å². The summed E-state index contributed by atoms with van der Waals surface area (Å²) in [6.07, 6.45) is 4.78. The number of H-pyrrole nitrogens is 1. The second-order valence-electron chi connectivity index (χ2n) is 6.98. The summed E-state index contributed by atoms with van der Waals surface area (Å²) < 4.78 is 5.34. The summed E-state index contributed by atoms with van der Waals surface area (Å²) in [6, 6.07) is 9.62. The minimum Gasteiger partial charge on any atom is -0.447 e. The van der Waals surface area contributed by atoms with E-state index in [0.29, 0.717) is 18.7 Å². The average Bonchev–Trinajstić information content (AvgIpc) is 3.06. The zero-order valence-corrected chi connectivity index (χ0v) is 13.7. The van der Waals surface area contributed by atoms with Crippen LogP contribution in [0.5, 0.6) is 0 Å². The van der Waals surface area contributed by atoms with Gasteiger partial charge in [0, 0.05) is 23.8 Å². The van der Waals surface area contributed by atoms with Crippen LogP contribution in [0.2, 0.25) is 0 Å². The first-order valence-corrected chi connectivity index (χ1v) is 8.29. The maximum Gasteiger partial charge on any atom is 0.410 e. The highest BCUT2D eigenvalue weighted by atomic mass is 16.6. The summed E-state index contributed by atoms with van der Waals surface area (Å²) in [5.41, 5.74) is 2.41. The van der Waals surface area contributed by atoms with Gasteiger partial charge in [0.15, 0.2) is 0 Å². The Morgan fingerprint density at radius 1 is 1.30 bits per heavy atom. The van der Waals surface area contributed by atoms with Gasteiger partial charge in [0.2, 0.25) is 0 Å². The molecule has 1 aliphatic carbocycles. The second kappa shape index (κ2) is 5.57. The summed E-state index contributed by atoms with van der Waals surface area (Å²) >= 11 is 0. The monoisotopic (exact) mass is 313 g/mol. The Kier molecular flexibility index (Phi) is 3.53. The molecular formula is C18H23N3O2. The molecule has 1 atom stereocenters. The van der Waals surface area contributed by atoms with Gasteiger partial charge in [-0.25, -0.2) is 4.79 Å². The second-order valence-corrected chi connectivity index (χ2v) is 6.98. The molecule has 1 aromatic carbocycles. The van der Waals surface area contributed by atoms with Crippen LogP contribution in [0, 0.1) is 0 Å². The summed E-state index contributed by atoms with van der Waals surface area (Å²) in [7, 11) is 4.21. The molecule has 1 aromatic heterocycles. The molecule has 5 nitrogen and oxygen atoms in total. The topological polar surface area (TPSA) is 48.6 Å². The molecule has 5 heteroatoms. The minimum absolute atomic E-state index is 0.139. The van der Waals surface area contributed by atoms with Gasteiger partial charge in [-0.05, 0) is 62.5 Å². The minimum atomic E-state index is -0.139. The number of aromatic nitrogens is 1. The Balaban J connectivity index is 1.48. The Bertz CT molecular complexity index is 718. The Labute approximate surface area is 136 Å². The SMILES string of the molecule is CN(C)[C@H]1C[C@H](N2C(=O)OC[C@H]2Cc2ccc3[nH]ccc3c2)C1. The van der Waals surface area contributed by atoms with E-state index >= 15 is 0 Å². The number of hydrogen-bond acceptors (Lipinski definition) is 3. The highest BCUT2D eigenvalue weighted by Crippen LogP contribution is 2.33. The van der Waals surface area contributed by atoms with E-state index in [2.05, 4.69) is 48.2 Å². The number of cyclic esters (lactones) is 1. The van der Waals surface area contributed by atoms with Crippen LogP contribution in [0.25, 0.3) is 10.9 Å². The summed E-state index contributed by atoms with van der Waals surface area (Å²) in [5, 5.41) is 1.22. The third-order valence-corrected chi connectivity index (χ3v) is 5.30. The highest BCUT2D eigenvalue weighted by molar-refractivity contribution is 5.80. The molecular weight excluding hydrogens is 290 g/mol. The van der Waals surface area contributed by atoms with Crippen molar-refractivity contribution in [2.45, 2.75) is 37.4 Å². The highest BCUT2D eigenvalue weighted by Gasteiger charge is 2.44. The van der Waals surface area contributed by atoms with E-state index < -0.39 is 0 Å². The Morgan fingerprint density at radius 3 is 2.91 bits per heavy atom. The maximum atomic E-state index is 12.1. The first kappa shape index (κ1) is 14.6. The molecule has 0 radical (unpaired) electrons. The van der Waals surface area contributed by atoms with Crippen molar-refractivity contribution in [3.05, 3.63) is 36.0 Å². The molecule has 4 rings (SSSR count). The number of fused-ring (bicyclic) bond motifs is 1. The van der Waals surface area contributed by atoms with Crippen molar-refractivity contribution in [3.63, 3.8) is 0 Å². The van der Waals surface area contributed by atoms with Crippen LogP contribution in [-0.2, 0) is 11.2 Å². The van der Waals surface area contributed by atoms with Gasteiger partial charge in [0.1, 0.15) is 6.61 Å². The van der Waals surface area contributed by atoms with Gasteiger partial charge in [-0.1, -0.05) is 6.07 Å². The number of ether oxygens (including phenoxy) is 1. The van der Waals surface area contributed by atoms with E-state index in [0.717, 1.165) is 24.8 Å². The lowest BCUT2D eigenvalue weighted by Gasteiger charge is -2.44. The van der Waals surface area contributed by atoms with Crippen molar-refractivity contribution in [2.75, 3.05) is 20.7 Å². The summed E-state index contributed by atoms with van der Waals surface area (Å²) in [6.45, 7) is 0.507. The van der Waals surface area contributed by atoms with Gasteiger partial charge in [0.25, 0.3) is 0 Å². The van der Waals surface area contributed by atoms with Crippen LogP contribution < -0.4 is 0 Å². The number of nitrogens with zero attached hydrogens (tertiary/aromatic N) is 2. The molecule has 1 N–H and O–H groups in total. The molecule has 1 saturated carbocycles. The number of carbonyl (C=O) groups is 1. The fourth-order valence-corrected chi connectivity index (χ4v) is 3.79.